The zero-order chi connectivity index (χ0) is 12.5. The third kappa shape index (κ3) is 2.95. The summed E-state index contributed by atoms with van der Waals surface area (Å²) >= 11 is 0. The highest BCUT2D eigenvalue weighted by molar-refractivity contribution is 5.23. The molecule has 1 unspecified atom stereocenters. The van der Waals surface area contributed by atoms with Gasteiger partial charge in [0.25, 0.3) is 0 Å². The van der Waals surface area contributed by atoms with Gasteiger partial charge in [0.1, 0.15) is 0 Å². The normalized spacial score (nSPS) is 21.3. The third-order valence-electron chi connectivity index (χ3n) is 4.69. The van der Waals surface area contributed by atoms with Gasteiger partial charge in [0, 0.05) is 6.04 Å². The molecule has 0 radical (unpaired) electrons. The molecule has 2 aliphatic rings. The second kappa shape index (κ2) is 5.05. The molecule has 0 bridgehead atoms. The first-order valence-electron chi connectivity index (χ1n) is 7.54. The molecule has 0 aliphatic heterocycles. The summed E-state index contributed by atoms with van der Waals surface area (Å²) in [5, 5.41) is 3.76. The average molecular weight is 243 g/mol. The van der Waals surface area contributed by atoms with Gasteiger partial charge in [0.2, 0.25) is 0 Å². The molecule has 1 heteroatoms. The molecule has 18 heavy (non-hydrogen) atoms. The zero-order valence-electron chi connectivity index (χ0n) is 11.7. The van der Waals surface area contributed by atoms with E-state index in [1.807, 2.05) is 0 Å². The van der Waals surface area contributed by atoms with Crippen LogP contribution in [0.5, 0.6) is 0 Å². The standard InChI is InChI=1S/C17H25N/c1-12-3-5-14(6-4-12)13(2)18-11-17(15-7-8-15)16-9-10-16/h3-6,13,15-18H,7-11H2,1-2H3. The second-order valence-electron chi connectivity index (χ2n) is 6.38. The van der Waals surface area contributed by atoms with E-state index < -0.39 is 0 Å². The Kier molecular flexibility index (Phi) is 3.43. The van der Waals surface area contributed by atoms with Crippen LogP contribution in [0.15, 0.2) is 24.3 Å². The zero-order valence-corrected chi connectivity index (χ0v) is 11.7. The lowest BCUT2D eigenvalue weighted by Crippen LogP contribution is -2.28. The predicted molar refractivity (Wildman–Crippen MR) is 76.5 cm³/mol. The summed E-state index contributed by atoms with van der Waals surface area (Å²) < 4.78 is 0. The molecule has 2 aliphatic carbocycles. The fourth-order valence-electron chi connectivity index (χ4n) is 3.05. The maximum Gasteiger partial charge on any atom is 0.0291 e. The van der Waals surface area contributed by atoms with Crippen molar-refractivity contribution in [3.63, 3.8) is 0 Å². The van der Waals surface area contributed by atoms with Gasteiger partial charge >= 0.3 is 0 Å². The number of rotatable bonds is 6. The Hall–Kier alpha value is -0.820. The lowest BCUT2D eigenvalue weighted by Gasteiger charge is -2.20. The SMILES string of the molecule is Cc1ccc(C(C)NCC(C2CC2)C2CC2)cc1. The highest BCUT2D eigenvalue weighted by Crippen LogP contribution is 2.48. The first-order chi connectivity index (χ1) is 8.74. The van der Waals surface area contributed by atoms with Gasteiger partial charge in [-0.3, -0.25) is 0 Å². The highest BCUT2D eigenvalue weighted by atomic mass is 14.9. The number of nitrogens with one attached hydrogen (secondary N) is 1. The van der Waals surface area contributed by atoms with E-state index in [1.165, 1.54) is 43.4 Å². The summed E-state index contributed by atoms with van der Waals surface area (Å²) in [7, 11) is 0. The van der Waals surface area contributed by atoms with Gasteiger partial charge in [-0.25, -0.2) is 0 Å². The molecule has 2 saturated carbocycles. The summed E-state index contributed by atoms with van der Waals surface area (Å²) in [5.74, 6) is 3.07. The quantitative estimate of drug-likeness (QED) is 0.793. The van der Waals surface area contributed by atoms with Gasteiger partial charge in [0.15, 0.2) is 0 Å². The van der Waals surface area contributed by atoms with E-state index >= 15 is 0 Å². The molecule has 2 fully saturated rings. The largest absolute Gasteiger partial charge is 0.310 e. The Morgan fingerprint density at radius 1 is 1.06 bits per heavy atom. The molecule has 1 atom stereocenters. The maximum absolute atomic E-state index is 3.76. The van der Waals surface area contributed by atoms with Crippen LogP contribution in [-0.2, 0) is 0 Å². The fraction of sp³-hybridized carbons (Fsp3) is 0.647. The molecule has 0 amide bonds. The molecule has 1 aromatic rings. The molecule has 98 valence electrons. The van der Waals surface area contributed by atoms with E-state index in [0.29, 0.717) is 6.04 Å². The Morgan fingerprint density at radius 2 is 1.61 bits per heavy atom. The minimum absolute atomic E-state index is 0.491. The van der Waals surface area contributed by atoms with Crippen LogP contribution in [0.4, 0.5) is 0 Å². The highest BCUT2D eigenvalue weighted by Gasteiger charge is 2.40. The minimum atomic E-state index is 0.491. The topological polar surface area (TPSA) is 12.0 Å². The fourth-order valence-corrected chi connectivity index (χ4v) is 3.05. The van der Waals surface area contributed by atoms with Crippen LogP contribution in [0.2, 0.25) is 0 Å². The van der Waals surface area contributed by atoms with Crippen molar-refractivity contribution in [1.29, 1.82) is 0 Å². The molecule has 3 rings (SSSR count). The molecule has 1 nitrogen and oxygen atoms in total. The molecular weight excluding hydrogens is 218 g/mol. The second-order valence-corrected chi connectivity index (χ2v) is 6.38. The van der Waals surface area contributed by atoms with Gasteiger partial charge < -0.3 is 5.32 Å². The van der Waals surface area contributed by atoms with Gasteiger partial charge in [0.05, 0.1) is 0 Å². The Labute approximate surface area is 111 Å². The van der Waals surface area contributed by atoms with Crippen LogP contribution in [0, 0.1) is 24.7 Å². The smallest absolute Gasteiger partial charge is 0.0291 e. The van der Waals surface area contributed by atoms with Crippen LogP contribution in [-0.4, -0.2) is 6.54 Å². The summed E-state index contributed by atoms with van der Waals surface area (Å²) in [5.41, 5.74) is 2.77. The van der Waals surface area contributed by atoms with E-state index in [9.17, 15) is 0 Å². The summed E-state index contributed by atoms with van der Waals surface area (Å²) in [4.78, 5) is 0. The van der Waals surface area contributed by atoms with Crippen molar-refractivity contribution in [2.75, 3.05) is 6.54 Å². The van der Waals surface area contributed by atoms with Crippen LogP contribution in [0.1, 0.15) is 49.8 Å². The predicted octanol–water partition coefficient (Wildman–Crippen LogP) is 4.08. The van der Waals surface area contributed by atoms with Crippen LogP contribution < -0.4 is 5.32 Å². The molecule has 0 spiro atoms. The molecule has 0 heterocycles. The summed E-state index contributed by atoms with van der Waals surface area (Å²) in [6.45, 7) is 5.67. The third-order valence-corrected chi connectivity index (χ3v) is 4.69. The van der Waals surface area contributed by atoms with E-state index in [0.717, 1.165) is 17.8 Å². The molecular formula is C17H25N. The van der Waals surface area contributed by atoms with Gasteiger partial charge in [-0.15, -0.1) is 0 Å². The number of benzene rings is 1. The summed E-state index contributed by atoms with van der Waals surface area (Å²) in [6.07, 6.45) is 5.95. The number of hydrogen-bond donors (Lipinski definition) is 1. The molecule has 0 saturated heterocycles. The maximum atomic E-state index is 3.76. The van der Waals surface area contributed by atoms with Crippen molar-refractivity contribution < 1.29 is 0 Å². The van der Waals surface area contributed by atoms with Crippen LogP contribution in [0.3, 0.4) is 0 Å². The van der Waals surface area contributed by atoms with Gasteiger partial charge in [-0.1, -0.05) is 29.8 Å². The van der Waals surface area contributed by atoms with Crippen LogP contribution >= 0.6 is 0 Å². The van der Waals surface area contributed by atoms with Gasteiger partial charge in [-0.2, -0.15) is 0 Å². The Balaban J connectivity index is 1.53. The van der Waals surface area contributed by atoms with Crippen molar-refractivity contribution in [1.82, 2.24) is 5.32 Å². The molecule has 0 aromatic heterocycles. The number of hydrogen-bond acceptors (Lipinski definition) is 1. The van der Waals surface area contributed by atoms with E-state index in [1.54, 1.807) is 0 Å². The molecule has 1 N–H and O–H groups in total. The van der Waals surface area contributed by atoms with E-state index in [2.05, 4.69) is 43.4 Å². The lowest BCUT2D eigenvalue weighted by atomic mass is 9.97. The minimum Gasteiger partial charge on any atom is -0.310 e. The van der Waals surface area contributed by atoms with Crippen LogP contribution in [0.25, 0.3) is 0 Å². The van der Waals surface area contributed by atoms with Crippen molar-refractivity contribution >= 4 is 0 Å². The summed E-state index contributed by atoms with van der Waals surface area (Å²) in [6, 6.07) is 9.44. The molecule has 1 aromatic carbocycles. The number of aryl methyl sites for hydroxylation is 1. The Bertz CT molecular complexity index is 375. The van der Waals surface area contributed by atoms with E-state index in [4.69, 9.17) is 0 Å². The first-order valence-corrected chi connectivity index (χ1v) is 7.54. The lowest BCUT2D eigenvalue weighted by molar-refractivity contribution is 0.362. The van der Waals surface area contributed by atoms with Crippen molar-refractivity contribution in [3.05, 3.63) is 35.4 Å². The first kappa shape index (κ1) is 12.2. The van der Waals surface area contributed by atoms with Crippen molar-refractivity contribution in [2.24, 2.45) is 17.8 Å². The monoisotopic (exact) mass is 243 g/mol. The van der Waals surface area contributed by atoms with Crippen molar-refractivity contribution in [2.45, 2.75) is 45.6 Å². The van der Waals surface area contributed by atoms with Crippen molar-refractivity contribution in [3.8, 4) is 0 Å². The Morgan fingerprint density at radius 3 is 2.11 bits per heavy atom. The van der Waals surface area contributed by atoms with Gasteiger partial charge in [-0.05, 0) is 69.4 Å². The van der Waals surface area contributed by atoms with E-state index in [-0.39, 0.29) is 0 Å². The average Bonchev–Trinajstić information content (AvgIpc) is 3.24.